The van der Waals surface area contributed by atoms with E-state index in [2.05, 4.69) is 15.5 Å². The van der Waals surface area contributed by atoms with Crippen LogP contribution in [0.15, 0.2) is 69.3 Å². The molecule has 0 unspecified atom stereocenters. The van der Waals surface area contributed by atoms with Gasteiger partial charge in [0.1, 0.15) is 23.1 Å². The van der Waals surface area contributed by atoms with Crippen LogP contribution in [0.1, 0.15) is 5.56 Å². The van der Waals surface area contributed by atoms with Crippen molar-refractivity contribution < 1.29 is 13.9 Å². The molecule has 0 atom stereocenters. The monoisotopic (exact) mass is 439 g/mol. The van der Waals surface area contributed by atoms with E-state index >= 15 is 0 Å². The number of halogens is 1. The van der Waals surface area contributed by atoms with E-state index in [4.69, 9.17) is 4.74 Å². The number of carbonyl (C=O) groups is 1. The lowest BCUT2D eigenvalue weighted by Crippen LogP contribution is -2.29. The zero-order valence-electron chi connectivity index (χ0n) is 16.7. The number of hydrogen-bond acceptors (Lipinski definition) is 6. The fraction of sp³-hybridized carbons (Fsp3) is 0.143. The number of aromatic nitrogens is 4. The predicted molar refractivity (Wildman–Crippen MR) is 114 cm³/mol. The Kier molecular flexibility index (Phi) is 5.72. The summed E-state index contributed by atoms with van der Waals surface area (Å²) < 4.78 is 20.8. The molecule has 0 radical (unpaired) electrons. The summed E-state index contributed by atoms with van der Waals surface area (Å²) in [6, 6.07) is 14.8. The minimum absolute atomic E-state index is 0.286. The second-order valence-corrected chi connectivity index (χ2v) is 7.79. The molecular formula is C21H18FN5O3S. The Hall–Kier alpha value is -3.66. The van der Waals surface area contributed by atoms with Gasteiger partial charge in [0.2, 0.25) is 5.91 Å². The molecule has 0 saturated carbocycles. The van der Waals surface area contributed by atoms with Gasteiger partial charge in [-0.05, 0) is 55.0 Å². The molecule has 1 amide bonds. The van der Waals surface area contributed by atoms with E-state index in [0.717, 1.165) is 14.8 Å². The van der Waals surface area contributed by atoms with E-state index in [9.17, 15) is 14.0 Å². The molecule has 158 valence electrons. The van der Waals surface area contributed by atoms with Gasteiger partial charge in [0.05, 0.1) is 12.8 Å². The largest absolute Gasteiger partial charge is 0.495 e. The van der Waals surface area contributed by atoms with Crippen molar-refractivity contribution in [3.63, 3.8) is 0 Å². The van der Waals surface area contributed by atoms with E-state index in [0.29, 0.717) is 27.0 Å². The molecule has 4 aromatic rings. The van der Waals surface area contributed by atoms with Crippen molar-refractivity contribution in [2.24, 2.45) is 0 Å². The van der Waals surface area contributed by atoms with Crippen LogP contribution in [0.5, 0.6) is 5.75 Å². The zero-order valence-corrected chi connectivity index (χ0v) is 17.5. The maximum Gasteiger partial charge on any atom is 0.367 e. The van der Waals surface area contributed by atoms with Gasteiger partial charge in [-0.3, -0.25) is 4.79 Å². The number of aryl methyl sites for hydroxylation is 1. The number of nitrogens with one attached hydrogen (secondary N) is 1. The highest BCUT2D eigenvalue weighted by atomic mass is 32.2. The lowest BCUT2D eigenvalue weighted by molar-refractivity contribution is -0.117. The molecule has 10 heteroatoms. The van der Waals surface area contributed by atoms with Crippen LogP contribution in [0.3, 0.4) is 0 Å². The number of carbonyl (C=O) groups excluding carboxylic acids is 1. The third kappa shape index (κ3) is 4.58. The van der Waals surface area contributed by atoms with Gasteiger partial charge in [-0.15, -0.1) is 5.10 Å². The second-order valence-electron chi connectivity index (χ2n) is 6.69. The molecule has 0 aliphatic heterocycles. The van der Waals surface area contributed by atoms with Crippen LogP contribution in [0, 0.1) is 12.7 Å². The molecule has 0 aliphatic carbocycles. The maximum atomic E-state index is 13.4. The normalized spacial score (nSPS) is 10.9. The van der Waals surface area contributed by atoms with Crippen LogP contribution >= 0.6 is 11.8 Å². The van der Waals surface area contributed by atoms with Gasteiger partial charge in [-0.2, -0.15) is 9.61 Å². The zero-order chi connectivity index (χ0) is 22.0. The Morgan fingerprint density at radius 2 is 2.00 bits per heavy atom. The summed E-state index contributed by atoms with van der Waals surface area (Å²) >= 11 is 1.21. The summed E-state index contributed by atoms with van der Waals surface area (Å²) in [5, 5.41) is 11.7. The summed E-state index contributed by atoms with van der Waals surface area (Å²) in [6.45, 7) is 1.61. The smallest absolute Gasteiger partial charge is 0.367 e. The molecule has 2 aromatic heterocycles. The number of amides is 1. The fourth-order valence-corrected chi connectivity index (χ4v) is 3.76. The number of nitrogens with zero attached hydrogens (tertiary/aromatic N) is 4. The summed E-state index contributed by atoms with van der Waals surface area (Å²) in [7, 11) is 1.51. The fourth-order valence-electron chi connectivity index (χ4n) is 2.95. The minimum Gasteiger partial charge on any atom is -0.495 e. The van der Waals surface area contributed by atoms with Crippen molar-refractivity contribution in [3.8, 4) is 5.75 Å². The van der Waals surface area contributed by atoms with Gasteiger partial charge >= 0.3 is 5.69 Å². The molecule has 8 nitrogen and oxygen atoms in total. The average molecular weight is 439 g/mol. The molecule has 31 heavy (non-hydrogen) atoms. The number of ether oxygens (including phenoxy) is 1. The highest BCUT2D eigenvalue weighted by molar-refractivity contribution is 7.99. The van der Waals surface area contributed by atoms with Crippen molar-refractivity contribution in [2.45, 2.75) is 23.4 Å². The van der Waals surface area contributed by atoms with Crippen molar-refractivity contribution >= 4 is 29.0 Å². The molecule has 0 saturated heterocycles. The number of anilines is 1. The van der Waals surface area contributed by atoms with Crippen LogP contribution in [-0.4, -0.2) is 32.4 Å². The van der Waals surface area contributed by atoms with Gasteiger partial charge in [0.25, 0.3) is 0 Å². The number of rotatable bonds is 6. The Balaban J connectivity index is 1.55. The molecule has 0 bridgehead atoms. The van der Waals surface area contributed by atoms with Gasteiger partial charge in [-0.25, -0.2) is 13.9 Å². The average Bonchev–Trinajstić information content (AvgIpc) is 3.03. The summed E-state index contributed by atoms with van der Waals surface area (Å²) in [5.74, 6) is -0.266. The highest BCUT2D eigenvalue weighted by Gasteiger charge is 2.14. The molecule has 2 heterocycles. The van der Waals surface area contributed by atoms with Gasteiger partial charge in [-0.1, -0.05) is 23.9 Å². The van der Waals surface area contributed by atoms with Gasteiger partial charge < -0.3 is 10.1 Å². The molecule has 2 aromatic carbocycles. The van der Waals surface area contributed by atoms with Crippen LogP contribution in [0.4, 0.5) is 10.1 Å². The van der Waals surface area contributed by atoms with E-state index in [1.807, 2.05) is 13.0 Å². The molecule has 0 aliphatic rings. The Morgan fingerprint density at radius 1 is 1.16 bits per heavy atom. The first kappa shape index (κ1) is 20.6. The van der Waals surface area contributed by atoms with Crippen LogP contribution in [-0.2, 0) is 11.3 Å². The number of hydrogen-bond donors (Lipinski definition) is 1. The standard InChI is InChI=1S/C21H18FN5O3S/c1-13-6-7-17(30-2)16(10-13)23-19(28)12-26-21(29)27-18(24-26)8-9-20(25-27)31-15-5-3-4-14(22)11-15/h3-11H,12H2,1-2H3,(H,23,28). The first-order valence-corrected chi connectivity index (χ1v) is 10.1. The molecule has 1 N–H and O–H groups in total. The van der Waals surface area contributed by atoms with E-state index in [1.165, 1.54) is 31.0 Å². The third-order valence-corrected chi connectivity index (χ3v) is 5.27. The maximum absolute atomic E-state index is 13.4. The summed E-state index contributed by atoms with van der Waals surface area (Å²) in [5.41, 5.74) is 1.21. The first-order chi connectivity index (χ1) is 14.9. The van der Waals surface area contributed by atoms with Gasteiger partial charge in [0.15, 0.2) is 5.65 Å². The van der Waals surface area contributed by atoms with Crippen molar-refractivity contribution in [1.82, 2.24) is 19.4 Å². The third-order valence-electron chi connectivity index (χ3n) is 4.36. The van der Waals surface area contributed by atoms with Crippen LogP contribution < -0.4 is 15.7 Å². The lowest BCUT2D eigenvalue weighted by Gasteiger charge is -2.10. The summed E-state index contributed by atoms with van der Waals surface area (Å²) in [6.07, 6.45) is 0. The second kappa shape index (κ2) is 8.60. The molecule has 0 fully saturated rings. The predicted octanol–water partition coefficient (Wildman–Crippen LogP) is 3.14. The Bertz CT molecular complexity index is 1330. The number of methoxy groups -OCH3 is 1. The lowest BCUT2D eigenvalue weighted by atomic mass is 10.2. The van der Waals surface area contributed by atoms with E-state index < -0.39 is 11.6 Å². The van der Waals surface area contributed by atoms with Gasteiger partial charge in [0, 0.05) is 4.90 Å². The Morgan fingerprint density at radius 3 is 2.77 bits per heavy atom. The van der Waals surface area contributed by atoms with Crippen molar-refractivity contribution in [2.75, 3.05) is 12.4 Å². The number of fused-ring (bicyclic) bond motifs is 1. The van der Waals surface area contributed by atoms with E-state index in [-0.39, 0.29) is 12.4 Å². The number of benzene rings is 2. The topological polar surface area (TPSA) is 90.5 Å². The van der Waals surface area contributed by atoms with Crippen LogP contribution in [0.25, 0.3) is 5.65 Å². The molecule has 0 spiro atoms. The SMILES string of the molecule is COc1ccc(C)cc1NC(=O)Cn1nc2ccc(Sc3cccc(F)c3)nn2c1=O. The van der Waals surface area contributed by atoms with E-state index in [1.54, 1.807) is 36.4 Å². The highest BCUT2D eigenvalue weighted by Crippen LogP contribution is 2.26. The molecular weight excluding hydrogens is 421 g/mol. The van der Waals surface area contributed by atoms with Crippen molar-refractivity contribution in [1.29, 1.82) is 0 Å². The molecule has 4 rings (SSSR count). The first-order valence-electron chi connectivity index (χ1n) is 9.28. The minimum atomic E-state index is -0.553. The summed E-state index contributed by atoms with van der Waals surface area (Å²) in [4.78, 5) is 25.8. The van der Waals surface area contributed by atoms with Crippen molar-refractivity contribution in [3.05, 3.63) is 76.5 Å². The quantitative estimate of drug-likeness (QED) is 0.496. The Labute approximate surface area is 180 Å². The van der Waals surface area contributed by atoms with Crippen LogP contribution in [0.2, 0.25) is 0 Å².